The molecular weight excluding hydrogens is 244 g/mol. The molecule has 5 nitrogen and oxygen atoms in total. The molecule has 0 saturated carbocycles. The predicted molar refractivity (Wildman–Crippen MR) is 75.4 cm³/mol. The van der Waals surface area contributed by atoms with Crippen molar-refractivity contribution >= 4 is 0 Å². The lowest BCUT2D eigenvalue weighted by molar-refractivity contribution is 0.281. The Hall–Kier alpha value is -1.33. The first-order valence-electron chi connectivity index (χ1n) is 6.65. The van der Waals surface area contributed by atoms with Crippen molar-refractivity contribution in [3.63, 3.8) is 0 Å². The summed E-state index contributed by atoms with van der Waals surface area (Å²) in [6.07, 6.45) is 2.64. The molecule has 0 saturated heterocycles. The molecule has 0 unspecified atom stereocenters. The Labute approximate surface area is 114 Å². The lowest BCUT2D eigenvalue weighted by Gasteiger charge is -2.20. The fourth-order valence-corrected chi connectivity index (χ4v) is 2.15. The molecule has 0 aliphatic heterocycles. The molecule has 0 radical (unpaired) electrons. The van der Waals surface area contributed by atoms with Crippen molar-refractivity contribution in [2.75, 3.05) is 20.7 Å². The molecule has 1 rings (SSSR count). The minimum absolute atomic E-state index is 0.151. The van der Waals surface area contributed by atoms with Gasteiger partial charge in [-0.1, -0.05) is 0 Å². The summed E-state index contributed by atoms with van der Waals surface area (Å²) < 4.78 is 1.99. The van der Waals surface area contributed by atoms with Crippen LogP contribution in [0.3, 0.4) is 0 Å². The Morgan fingerprint density at radius 2 is 1.95 bits per heavy atom. The van der Waals surface area contributed by atoms with E-state index in [2.05, 4.69) is 0 Å². The van der Waals surface area contributed by atoms with E-state index in [4.69, 9.17) is 5.11 Å². The van der Waals surface area contributed by atoms with Crippen molar-refractivity contribution in [2.45, 2.75) is 39.3 Å². The number of pyridine rings is 1. The van der Waals surface area contributed by atoms with Gasteiger partial charge < -0.3 is 19.7 Å². The summed E-state index contributed by atoms with van der Waals surface area (Å²) in [4.78, 5) is 13.6. The van der Waals surface area contributed by atoms with Gasteiger partial charge in [-0.2, -0.15) is 0 Å². The Morgan fingerprint density at radius 3 is 2.53 bits per heavy atom. The molecule has 0 aromatic carbocycles. The molecule has 1 aromatic heterocycles. The lowest BCUT2D eigenvalue weighted by atomic mass is 10.2. The molecule has 0 fully saturated rings. The Balaban J connectivity index is 2.99. The monoisotopic (exact) mass is 268 g/mol. The van der Waals surface area contributed by atoms with E-state index in [1.54, 1.807) is 0 Å². The summed E-state index contributed by atoms with van der Waals surface area (Å²) in [6.45, 7) is 3.37. The lowest BCUT2D eigenvalue weighted by Crippen LogP contribution is -2.22. The van der Waals surface area contributed by atoms with Gasteiger partial charge >= 0.3 is 0 Å². The zero-order chi connectivity index (χ0) is 14.4. The van der Waals surface area contributed by atoms with Crippen LogP contribution in [-0.4, -0.2) is 40.4 Å². The molecule has 0 bridgehead atoms. The average molecular weight is 268 g/mol. The van der Waals surface area contributed by atoms with Crippen molar-refractivity contribution in [1.82, 2.24) is 9.47 Å². The first kappa shape index (κ1) is 15.7. The maximum Gasteiger partial charge on any atom is 0.223 e. The number of nitrogens with zero attached hydrogens (tertiary/aromatic N) is 2. The van der Waals surface area contributed by atoms with E-state index < -0.39 is 0 Å². The van der Waals surface area contributed by atoms with E-state index in [1.165, 1.54) is 6.07 Å². The maximum absolute atomic E-state index is 11.7. The molecule has 2 N–H and O–H groups in total. The fraction of sp³-hybridized carbons (Fsp3) is 0.643. The van der Waals surface area contributed by atoms with Gasteiger partial charge in [0.25, 0.3) is 0 Å². The number of aliphatic hydroxyl groups excluding tert-OH is 1. The summed E-state index contributed by atoms with van der Waals surface area (Å²) in [7, 11) is 3.81. The zero-order valence-corrected chi connectivity index (χ0v) is 12.0. The molecule has 0 spiro atoms. The minimum atomic E-state index is -0.319. The minimum Gasteiger partial charge on any atom is -0.503 e. The molecule has 0 aliphatic carbocycles. The van der Waals surface area contributed by atoms with Crippen LogP contribution in [0.15, 0.2) is 10.9 Å². The molecular formula is C14H24N2O3. The average Bonchev–Trinajstić information content (AvgIpc) is 2.33. The van der Waals surface area contributed by atoms with Gasteiger partial charge in [0.2, 0.25) is 5.43 Å². The van der Waals surface area contributed by atoms with Crippen molar-refractivity contribution < 1.29 is 10.2 Å². The molecule has 1 heterocycles. The Kier molecular flexibility index (Phi) is 6.05. The summed E-state index contributed by atoms with van der Waals surface area (Å²) in [5.41, 5.74) is 1.21. The van der Waals surface area contributed by atoms with Crippen LogP contribution in [0.25, 0.3) is 0 Å². The van der Waals surface area contributed by atoms with Gasteiger partial charge in [-0.05, 0) is 40.3 Å². The second-order valence-corrected chi connectivity index (χ2v) is 5.12. The number of aromatic nitrogens is 1. The van der Waals surface area contributed by atoms with Gasteiger partial charge in [0, 0.05) is 31.5 Å². The standard InChI is InChI=1S/C14H24N2O3/c1-11-9-13(18)14(19)12(10-15(2)3)16(11)7-5-4-6-8-17/h9,17,19H,4-8,10H2,1-3H3. The van der Waals surface area contributed by atoms with Crippen LogP contribution in [0.1, 0.15) is 30.7 Å². The van der Waals surface area contributed by atoms with Gasteiger partial charge in [-0.3, -0.25) is 4.79 Å². The first-order chi connectivity index (χ1) is 8.97. The van der Waals surface area contributed by atoms with Crippen LogP contribution in [-0.2, 0) is 13.1 Å². The highest BCUT2D eigenvalue weighted by atomic mass is 16.3. The quantitative estimate of drug-likeness (QED) is 0.726. The van der Waals surface area contributed by atoms with Crippen LogP contribution in [0, 0.1) is 6.92 Å². The van der Waals surface area contributed by atoms with Gasteiger partial charge in [0.15, 0.2) is 5.75 Å². The third-order valence-electron chi connectivity index (χ3n) is 3.10. The van der Waals surface area contributed by atoms with E-state index in [9.17, 15) is 9.90 Å². The number of hydrogen-bond acceptors (Lipinski definition) is 4. The molecule has 0 atom stereocenters. The fourth-order valence-electron chi connectivity index (χ4n) is 2.15. The van der Waals surface area contributed by atoms with Gasteiger partial charge in [0.05, 0.1) is 5.69 Å². The van der Waals surface area contributed by atoms with E-state index in [-0.39, 0.29) is 17.8 Å². The molecule has 0 aliphatic rings. The van der Waals surface area contributed by atoms with Crippen LogP contribution in [0.2, 0.25) is 0 Å². The number of aliphatic hydroxyl groups is 1. The highest BCUT2D eigenvalue weighted by Crippen LogP contribution is 2.17. The Bertz CT molecular complexity index is 466. The van der Waals surface area contributed by atoms with Crippen molar-refractivity contribution in [2.24, 2.45) is 0 Å². The predicted octanol–water partition coefficient (Wildman–Crippen LogP) is 1.09. The van der Waals surface area contributed by atoms with E-state index >= 15 is 0 Å². The van der Waals surface area contributed by atoms with Gasteiger partial charge in [-0.25, -0.2) is 0 Å². The summed E-state index contributed by atoms with van der Waals surface area (Å²) >= 11 is 0. The smallest absolute Gasteiger partial charge is 0.223 e. The van der Waals surface area contributed by atoms with Crippen LogP contribution in [0.5, 0.6) is 5.75 Å². The topological polar surface area (TPSA) is 65.7 Å². The molecule has 5 heteroatoms. The second kappa shape index (κ2) is 7.31. The molecule has 108 valence electrons. The Morgan fingerprint density at radius 1 is 1.26 bits per heavy atom. The van der Waals surface area contributed by atoms with Crippen molar-refractivity contribution in [3.8, 4) is 5.75 Å². The molecule has 0 amide bonds. The van der Waals surface area contributed by atoms with Gasteiger partial charge in [0.1, 0.15) is 0 Å². The number of aromatic hydroxyl groups is 1. The first-order valence-corrected chi connectivity index (χ1v) is 6.65. The third kappa shape index (κ3) is 4.36. The van der Waals surface area contributed by atoms with E-state index in [0.29, 0.717) is 12.2 Å². The van der Waals surface area contributed by atoms with Crippen LogP contribution >= 0.6 is 0 Å². The normalized spacial score (nSPS) is 11.2. The van der Waals surface area contributed by atoms with Crippen LogP contribution in [0.4, 0.5) is 0 Å². The summed E-state index contributed by atoms with van der Waals surface area (Å²) in [5.74, 6) is -0.151. The summed E-state index contributed by atoms with van der Waals surface area (Å²) in [5, 5.41) is 18.7. The second-order valence-electron chi connectivity index (χ2n) is 5.12. The largest absolute Gasteiger partial charge is 0.503 e. The van der Waals surface area contributed by atoms with Crippen molar-refractivity contribution in [3.05, 3.63) is 27.7 Å². The zero-order valence-electron chi connectivity index (χ0n) is 12.0. The maximum atomic E-state index is 11.7. The number of rotatable bonds is 7. The van der Waals surface area contributed by atoms with E-state index in [1.807, 2.05) is 30.5 Å². The molecule has 1 aromatic rings. The number of unbranched alkanes of at least 4 members (excludes halogenated alkanes) is 2. The summed E-state index contributed by atoms with van der Waals surface area (Å²) in [6, 6.07) is 1.47. The van der Waals surface area contributed by atoms with Gasteiger partial charge in [-0.15, -0.1) is 0 Å². The third-order valence-corrected chi connectivity index (χ3v) is 3.10. The molecule has 19 heavy (non-hydrogen) atoms. The number of hydrogen-bond donors (Lipinski definition) is 2. The SMILES string of the molecule is Cc1cc(=O)c(O)c(CN(C)C)n1CCCCCO. The number of aryl methyl sites for hydroxylation is 1. The highest BCUT2D eigenvalue weighted by molar-refractivity contribution is 5.29. The van der Waals surface area contributed by atoms with Crippen molar-refractivity contribution in [1.29, 1.82) is 0 Å². The van der Waals surface area contributed by atoms with Crippen LogP contribution < -0.4 is 5.43 Å². The van der Waals surface area contributed by atoms with E-state index in [0.717, 1.165) is 31.5 Å². The highest BCUT2D eigenvalue weighted by Gasteiger charge is 2.13.